The van der Waals surface area contributed by atoms with Gasteiger partial charge in [0.15, 0.2) is 0 Å². The molecule has 1 aromatic carbocycles. The Bertz CT molecular complexity index is 1020. The smallest absolute Gasteiger partial charge is 0.317 e. The highest BCUT2D eigenvalue weighted by Crippen LogP contribution is 2.54. The lowest BCUT2D eigenvalue weighted by atomic mass is 9.90. The first-order chi connectivity index (χ1) is 14.0. The standard InChI is InChI=1S/C19H21ClFN7O/c1-10-6-15-12(17(26-24-15)19(4-5-19)16-8-22-27-25-16)9-28(10)18(29)23-11-2-3-14(21)13(20)7-11/h2-3,7-8,10,22,25,27H,4-6,9H2,1H3,(H,23,29)(H,24,26). The fourth-order valence-corrected chi connectivity index (χ4v) is 4.35. The second-order valence-corrected chi connectivity index (χ2v) is 8.21. The minimum Gasteiger partial charge on any atom is -0.317 e. The maximum absolute atomic E-state index is 13.4. The van der Waals surface area contributed by atoms with Gasteiger partial charge in [-0.3, -0.25) is 5.10 Å². The number of urea groups is 1. The Hall–Kier alpha value is -2.78. The fraction of sp³-hybridized carbons (Fsp3) is 0.368. The van der Waals surface area contributed by atoms with E-state index in [1.54, 1.807) is 4.90 Å². The van der Waals surface area contributed by atoms with Gasteiger partial charge in [0.25, 0.3) is 0 Å². The third-order valence-electron chi connectivity index (χ3n) is 5.95. The van der Waals surface area contributed by atoms with Crippen molar-refractivity contribution in [1.29, 1.82) is 0 Å². The lowest BCUT2D eigenvalue weighted by Gasteiger charge is -2.34. The molecular weight excluding hydrogens is 397 g/mol. The zero-order valence-electron chi connectivity index (χ0n) is 15.8. The van der Waals surface area contributed by atoms with Crippen LogP contribution in [0.3, 0.4) is 0 Å². The van der Waals surface area contributed by atoms with Crippen molar-refractivity contribution >= 4 is 23.3 Å². The number of hydrazine groups is 2. The van der Waals surface area contributed by atoms with Gasteiger partial charge >= 0.3 is 6.03 Å². The Morgan fingerprint density at radius 2 is 2.24 bits per heavy atom. The molecule has 5 N–H and O–H groups in total. The second-order valence-electron chi connectivity index (χ2n) is 7.80. The first kappa shape index (κ1) is 18.3. The zero-order valence-corrected chi connectivity index (χ0v) is 16.5. The van der Waals surface area contributed by atoms with Crippen LogP contribution >= 0.6 is 11.6 Å². The average Bonchev–Trinajstić information content (AvgIpc) is 3.13. The van der Waals surface area contributed by atoms with Crippen molar-refractivity contribution < 1.29 is 9.18 Å². The van der Waals surface area contributed by atoms with Crippen LogP contribution < -0.4 is 21.7 Å². The van der Waals surface area contributed by atoms with Gasteiger partial charge in [0.1, 0.15) is 5.82 Å². The number of allylic oxidation sites excluding steroid dienone is 1. The monoisotopic (exact) mass is 417 g/mol. The number of benzene rings is 1. The number of fused-ring (bicyclic) bond motifs is 1. The maximum Gasteiger partial charge on any atom is 0.322 e. The topological polar surface area (TPSA) is 97.1 Å². The highest BCUT2D eigenvalue weighted by atomic mass is 35.5. The largest absolute Gasteiger partial charge is 0.322 e. The van der Waals surface area contributed by atoms with Gasteiger partial charge in [-0.25, -0.2) is 9.18 Å². The minimum atomic E-state index is -0.516. The average molecular weight is 418 g/mol. The summed E-state index contributed by atoms with van der Waals surface area (Å²) in [7, 11) is 0. The van der Waals surface area contributed by atoms with E-state index in [0.29, 0.717) is 18.7 Å². The normalized spacial score (nSPS) is 21.7. The molecule has 29 heavy (non-hydrogen) atoms. The Balaban J connectivity index is 1.39. The van der Waals surface area contributed by atoms with Gasteiger partial charge in [-0.05, 0) is 38.0 Å². The quantitative estimate of drug-likeness (QED) is 0.529. The summed E-state index contributed by atoms with van der Waals surface area (Å²) >= 11 is 5.83. The van der Waals surface area contributed by atoms with Crippen molar-refractivity contribution in [2.45, 2.75) is 44.2 Å². The van der Waals surface area contributed by atoms with Gasteiger partial charge in [0.2, 0.25) is 0 Å². The summed E-state index contributed by atoms with van der Waals surface area (Å²) in [5, 5.41) is 10.6. The van der Waals surface area contributed by atoms with Crippen LogP contribution in [0.5, 0.6) is 0 Å². The minimum absolute atomic E-state index is 0.00553. The van der Waals surface area contributed by atoms with E-state index in [-0.39, 0.29) is 22.5 Å². The molecule has 2 aliphatic heterocycles. The molecule has 152 valence electrons. The highest BCUT2D eigenvalue weighted by Gasteiger charge is 2.53. The van der Waals surface area contributed by atoms with Crippen LogP contribution in [0, 0.1) is 5.82 Å². The molecule has 8 nitrogen and oxygen atoms in total. The van der Waals surface area contributed by atoms with Crippen LogP contribution in [0.1, 0.15) is 36.7 Å². The Morgan fingerprint density at radius 1 is 1.41 bits per heavy atom. The van der Waals surface area contributed by atoms with Gasteiger partial charge in [0, 0.05) is 35.6 Å². The zero-order chi connectivity index (χ0) is 20.2. The van der Waals surface area contributed by atoms with Gasteiger partial charge in [0.05, 0.1) is 28.4 Å². The summed E-state index contributed by atoms with van der Waals surface area (Å²) in [6.45, 7) is 2.46. The molecule has 5 rings (SSSR count). The third-order valence-corrected chi connectivity index (χ3v) is 6.24. The molecule has 0 bridgehead atoms. The van der Waals surface area contributed by atoms with Crippen LogP contribution in [0.4, 0.5) is 14.9 Å². The van der Waals surface area contributed by atoms with E-state index >= 15 is 0 Å². The summed E-state index contributed by atoms with van der Waals surface area (Å²) < 4.78 is 13.4. The molecule has 3 heterocycles. The van der Waals surface area contributed by atoms with Gasteiger partial charge < -0.3 is 21.1 Å². The number of carbonyl (C=O) groups excluding carboxylic acids is 1. The summed E-state index contributed by atoms with van der Waals surface area (Å²) in [5.74, 6) is -0.516. The van der Waals surface area contributed by atoms with Gasteiger partial charge in [-0.2, -0.15) is 10.6 Å². The second kappa shape index (κ2) is 6.64. The number of hydrogen-bond donors (Lipinski definition) is 5. The third kappa shape index (κ3) is 3.01. The number of hydrogen-bond acceptors (Lipinski definition) is 5. The van der Waals surface area contributed by atoms with Crippen molar-refractivity contribution in [2.75, 3.05) is 5.32 Å². The Labute approximate surface area is 171 Å². The van der Waals surface area contributed by atoms with Crippen LogP contribution in [0.2, 0.25) is 5.02 Å². The summed E-state index contributed by atoms with van der Waals surface area (Å²) in [5.41, 5.74) is 13.5. The van der Waals surface area contributed by atoms with Gasteiger partial charge in [-0.15, -0.1) is 0 Å². The molecule has 0 spiro atoms. The molecule has 0 saturated heterocycles. The van der Waals surface area contributed by atoms with E-state index < -0.39 is 5.82 Å². The SMILES string of the molecule is CC1Cc2[nH]nc(C3(C4=CNNN4)CC3)c2CN1C(=O)Nc1ccc(F)c(Cl)c1. The van der Waals surface area contributed by atoms with E-state index in [0.717, 1.165) is 35.5 Å². The molecule has 1 aliphatic carbocycles. The lowest BCUT2D eigenvalue weighted by Crippen LogP contribution is -2.45. The highest BCUT2D eigenvalue weighted by molar-refractivity contribution is 6.31. The van der Waals surface area contributed by atoms with Crippen molar-refractivity contribution in [3.63, 3.8) is 0 Å². The molecule has 10 heteroatoms. The predicted octanol–water partition coefficient (Wildman–Crippen LogP) is 2.67. The van der Waals surface area contributed by atoms with Crippen LogP contribution in [0.25, 0.3) is 0 Å². The Kier molecular flexibility index (Phi) is 4.18. The number of aromatic nitrogens is 2. The van der Waals surface area contributed by atoms with Crippen LogP contribution in [-0.2, 0) is 18.4 Å². The molecule has 1 atom stereocenters. The molecule has 2 amide bonds. The fourth-order valence-electron chi connectivity index (χ4n) is 4.17. The van der Waals surface area contributed by atoms with Crippen molar-refractivity contribution in [2.24, 2.45) is 0 Å². The molecule has 1 unspecified atom stereocenters. The molecule has 1 fully saturated rings. The molecule has 2 aromatic rings. The number of rotatable bonds is 3. The number of nitrogens with zero attached hydrogens (tertiary/aromatic N) is 2. The summed E-state index contributed by atoms with van der Waals surface area (Å²) in [6, 6.07) is 3.90. The van der Waals surface area contributed by atoms with Crippen LogP contribution in [0.15, 0.2) is 30.1 Å². The molecular formula is C19H21ClFN7O. The molecule has 0 radical (unpaired) electrons. The molecule has 1 aromatic heterocycles. The first-order valence-electron chi connectivity index (χ1n) is 9.54. The number of aromatic amines is 1. The number of carbonyl (C=O) groups is 1. The number of nitrogens with one attached hydrogen (secondary N) is 5. The van der Waals surface area contributed by atoms with Crippen molar-refractivity contribution in [1.82, 2.24) is 31.5 Å². The maximum atomic E-state index is 13.4. The van der Waals surface area contributed by atoms with E-state index in [9.17, 15) is 9.18 Å². The Morgan fingerprint density at radius 3 is 2.93 bits per heavy atom. The van der Waals surface area contributed by atoms with E-state index in [2.05, 4.69) is 31.9 Å². The number of anilines is 1. The number of H-pyrrole nitrogens is 1. The summed E-state index contributed by atoms with van der Waals surface area (Å²) in [4.78, 5) is 14.7. The number of halogens is 2. The van der Waals surface area contributed by atoms with Gasteiger partial charge in [-0.1, -0.05) is 11.6 Å². The van der Waals surface area contributed by atoms with Crippen molar-refractivity contribution in [3.05, 3.63) is 57.9 Å². The van der Waals surface area contributed by atoms with E-state index in [4.69, 9.17) is 11.6 Å². The molecule has 3 aliphatic rings. The predicted molar refractivity (Wildman–Crippen MR) is 106 cm³/mol. The summed E-state index contributed by atoms with van der Waals surface area (Å²) in [6.07, 6.45) is 4.62. The number of amides is 2. The molecule has 1 saturated carbocycles. The van der Waals surface area contributed by atoms with Crippen molar-refractivity contribution in [3.8, 4) is 0 Å². The first-order valence-corrected chi connectivity index (χ1v) is 9.92. The lowest BCUT2D eigenvalue weighted by molar-refractivity contribution is 0.181. The van der Waals surface area contributed by atoms with E-state index in [1.807, 2.05) is 13.1 Å². The van der Waals surface area contributed by atoms with E-state index in [1.165, 1.54) is 18.2 Å². The van der Waals surface area contributed by atoms with Crippen LogP contribution in [-0.4, -0.2) is 27.2 Å².